The Morgan fingerprint density at radius 1 is 1.00 bits per heavy atom. The van der Waals surface area contributed by atoms with Gasteiger partial charge in [-0.25, -0.2) is 8.42 Å². The first-order valence-electron chi connectivity index (χ1n) is 7.75. The number of rotatable bonds is 10. The molecule has 0 aliphatic rings. The van der Waals surface area contributed by atoms with E-state index in [2.05, 4.69) is 6.92 Å². The summed E-state index contributed by atoms with van der Waals surface area (Å²) in [5, 5.41) is 0.457. The predicted octanol–water partition coefficient (Wildman–Crippen LogP) is 4.84. The van der Waals surface area contributed by atoms with E-state index >= 15 is 0 Å². The molecule has 0 saturated carbocycles. The van der Waals surface area contributed by atoms with Crippen molar-refractivity contribution in [2.75, 3.05) is 11.5 Å². The van der Waals surface area contributed by atoms with E-state index in [1.807, 2.05) is 0 Å². The van der Waals surface area contributed by atoms with Crippen LogP contribution >= 0.6 is 11.6 Å². The molecule has 2 N–H and O–H groups in total. The van der Waals surface area contributed by atoms with E-state index in [1.165, 1.54) is 44.2 Å². The predicted molar refractivity (Wildman–Crippen MR) is 90.5 cm³/mol. The van der Waals surface area contributed by atoms with Gasteiger partial charge in [-0.05, 0) is 24.6 Å². The van der Waals surface area contributed by atoms with Crippen LogP contribution in [0.4, 0.5) is 5.69 Å². The average Bonchev–Trinajstić information content (AvgIpc) is 2.41. The van der Waals surface area contributed by atoms with Gasteiger partial charge < -0.3 is 5.73 Å². The lowest BCUT2D eigenvalue weighted by atomic mass is 10.1. The molecule has 0 amide bonds. The molecule has 0 aliphatic carbocycles. The monoisotopic (exact) mass is 331 g/mol. The number of nitrogen functional groups attached to an aromatic ring is 1. The highest BCUT2D eigenvalue weighted by atomic mass is 35.5. The van der Waals surface area contributed by atoms with Gasteiger partial charge in [0.05, 0.1) is 16.3 Å². The first-order chi connectivity index (χ1) is 9.97. The minimum absolute atomic E-state index is 0.161. The fourth-order valence-corrected chi connectivity index (χ4v) is 4.02. The number of hydrogen-bond acceptors (Lipinski definition) is 3. The highest BCUT2D eigenvalue weighted by Crippen LogP contribution is 2.24. The van der Waals surface area contributed by atoms with Crippen molar-refractivity contribution in [2.24, 2.45) is 0 Å². The molecule has 1 rings (SSSR count). The van der Waals surface area contributed by atoms with Crippen LogP contribution in [0.2, 0.25) is 5.02 Å². The fraction of sp³-hybridized carbons (Fsp3) is 0.625. The summed E-state index contributed by atoms with van der Waals surface area (Å²) < 4.78 is 24.4. The summed E-state index contributed by atoms with van der Waals surface area (Å²) in [5.41, 5.74) is 5.98. The van der Waals surface area contributed by atoms with E-state index in [9.17, 15) is 8.42 Å². The Morgan fingerprint density at radius 3 is 2.14 bits per heavy atom. The van der Waals surface area contributed by atoms with Gasteiger partial charge in [0.25, 0.3) is 0 Å². The minimum Gasteiger partial charge on any atom is -0.398 e. The van der Waals surface area contributed by atoms with Crippen LogP contribution in [-0.4, -0.2) is 14.2 Å². The maximum Gasteiger partial charge on any atom is 0.180 e. The summed E-state index contributed by atoms with van der Waals surface area (Å²) in [6.07, 6.45) is 9.04. The quantitative estimate of drug-likeness (QED) is 0.493. The minimum atomic E-state index is -3.29. The van der Waals surface area contributed by atoms with Gasteiger partial charge >= 0.3 is 0 Å². The molecule has 1 aromatic carbocycles. The van der Waals surface area contributed by atoms with Crippen molar-refractivity contribution in [3.63, 3.8) is 0 Å². The molecule has 5 heteroatoms. The third-order valence-corrected chi connectivity index (χ3v) is 5.68. The molecule has 0 heterocycles. The molecular formula is C16H26ClNO2S. The number of nitrogens with two attached hydrogens (primary N) is 1. The number of unbranched alkanes of at least 4 members (excludes halogenated alkanes) is 7. The van der Waals surface area contributed by atoms with E-state index in [-0.39, 0.29) is 16.3 Å². The van der Waals surface area contributed by atoms with Crippen molar-refractivity contribution >= 4 is 27.1 Å². The van der Waals surface area contributed by atoms with E-state index in [4.69, 9.17) is 17.3 Å². The lowest BCUT2D eigenvalue weighted by Crippen LogP contribution is -2.09. The fourth-order valence-electron chi connectivity index (χ4n) is 2.34. The van der Waals surface area contributed by atoms with Crippen molar-refractivity contribution in [2.45, 2.75) is 63.2 Å². The molecule has 0 fully saturated rings. The number of anilines is 1. The van der Waals surface area contributed by atoms with Crippen molar-refractivity contribution in [1.82, 2.24) is 0 Å². The van der Waals surface area contributed by atoms with Gasteiger partial charge in [0.1, 0.15) is 0 Å². The summed E-state index contributed by atoms with van der Waals surface area (Å²) in [6.45, 7) is 2.20. The Morgan fingerprint density at radius 2 is 1.57 bits per heavy atom. The molecule has 0 aromatic heterocycles. The van der Waals surface area contributed by atoms with Crippen LogP contribution in [-0.2, 0) is 9.84 Å². The summed E-state index contributed by atoms with van der Waals surface area (Å²) in [7, 11) is -3.29. The molecule has 120 valence electrons. The number of hydrogen-bond donors (Lipinski definition) is 1. The van der Waals surface area contributed by atoms with Gasteiger partial charge in [-0.2, -0.15) is 0 Å². The lowest BCUT2D eigenvalue weighted by Gasteiger charge is -2.08. The van der Waals surface area contributed by atoms with Crippen molar-refractivity contribution in [3.05, 3.63) is 23.2 Å². The number of sulfone groups is 1. The molecule has 0 unspecified atom stereocenters. The van der Waals surface area contributed by atoms with Gasteiger partial charge in [0.2, 0.25) is 0 Å². The molecule has 0 saturated heterocycles. The molecule has 0 aliphatic heterocycles. The number of halogens is 1. The Labute approximate surface area is 133 Å². The third kappa shape index (κ3) is 6.70. The Bertz CT molecular complexity index is 529. The second-order valence-electron chi connectivity index (χ2n) is 5.48. The topological polar surface area (TPSA) is 60.2 Å². The third-order valence-electron chi connectivity index (χ3n) is 3.57. The van der Waals surface area contributed by atoms with Crippen LogP contribution in [0, 0.1) is 0 Å². The van der Waals surface area contributed by atoms with Gasteiger partial charge in [0, 0.05) is 5.02 Å². The normalized spacial score (nSPS) is 11.7. The van der Waals surface area contributed by atoms with Crippen molar-refractivity contribution < 1.29 is 8.42 Å². The largest absolute Gasteiger partial charge is 0.398 e. The maximum atomic E-state index is 12.2. The van der Waals surface area contributed by atoms with Crippen LogP contribution in [0.5, 0.6) is 0 Å². The lowest BCUT2D eigenvalue weighted by molar-refractivity contribution is 0.572. The second kappa shape index (κ2) is 9.31. The summed E-state index contributed by atoms with van der Waals surface area (Å²) >= 11 is 5.79. The van der Waals surface area contributed by atoms with Crippen LogP contribution in [0.15, 0.2) is 23.1 Å². The van der Waals surface area contributed by atoms with E-state index in [1.54, 1.807) is 6.07 Å². The van der Waals surface area contributed by atoms with Gasteiger partial charge in [-0.15, -0.1) is 0 Å². The summed E-state index contributed by atoms with van der Waals surface area (Å²) in [6, 6.07) is 4.55. The van der Waals surface area contributed by atoms with E-state index in [0.29, 0.717) is 11.4 Å². The van der Waals surface area contributed by atoms with Gasteiger partial charge in [0.15, 0.2) is 9.84 Å². The van der Waals surface area contributed by atoms with Crippen LogP contribution < -0.4 is 5.73 Å². The van der Waals surface area contributed by atoms with E-state index < -0.39 is 9.84 Å². The number of benzene rings is 1. The summed E-state index contributed by atoms with van der Waals surface area (Å²) in [4.78, 5) is 0.204. The van der Waals surface area contributed by atoms with Crippen LogP contribution in [0.3, 0.4) is 0 Å². The Hall–Kier alpha value is -0.740. The molecule has 3 nitrogen and oxygen atoms in total. The summed E-state index contributed by atoms with van der Waals surface area (Å²) in [5.74, 6) is 0.161. The van der Waals surface area contributed by atoms with E-state index in [0.717, 1.165) is 12.8 Å². The zero-order valence-corrected chi connectivity index (χ0v) is 14.3. The van der Waals surface area contributed by atoms with Crippen molar-refractivity contribution in [1.29, 1.82) is 0 Å². The first-order valence-corrected chi connectivity index (χ1v) is 9.78. The second-order valence-corrected chi connectivity index (χ2v) is 7.99. The van der Waals surface area contributed by atoms with Crippen LogP contribution in [0.25, 0.3) is 0 Å². The highest BCUT2D eigenvalue weighted by Gasteiger charge is 2.17. The molecule has 1 aromatic rings. The standard InChI is InChI=1S/C16H26ClNO2S/c1-2-3-4-5-6-7-8-9-12-21(19,20)16-11-10-14(17)13-15(16)18/h10-11,13H,2-9,12,18H2,1H3. The molecule has 0 atom stereocenters. The smallest absolute Gasteiger partial charge is 0.180 e. The molecule has 21 heavy (non-hydrogen) atoms. The van der Waals surface area contributed by atoms with Crippen LogP contribution in [0.1, 0.15) is 58.3 Å². The Kier molecular flexibility index (Phi) is 8.12. The highest BCUT2D eigenvalue weighted by molar-refractivity contribution is 7.91. The van der Waals surface area contributed by atoms with Crippen molar-refractivity contribution in [3.8, 4) is 0 Å². The maximum absolute atomic E-state index is 12.2. The zero-order chi connectivity index (χ0) is 15.7. The first kappa shape index (κ1) is 18.3. The SMILES string of the molecule is CCCCCCCCCCS(=O)(=O)c1ccc(Cl)cc1N. The molecule has 0 spiro atoms. The average molecular weight is 332 g/mol. The molecule has 0 bridgehead atoms. The van der Waals surface area contributed by atoms with Gasteiger partial charge in [-0.3, -0.25) is 0 Å². The zero-order valence-electron chi connectivity index (χ0n) is 12.8. The Balaban J connectivity index is 2.33. The molecule has 0 radical (unpaired) electrons. The molecular weight excluding hydrogens is 306 g/mol. The van der Waals surface area contributed by atoms with Gasteiger partial charge in [-0.1, -0.05) is 63.5 Å².